The van der Waals surface area contributed by atoms with Crippen LogP contribution >= 0.6 is 23.1 Å². The Balaban J connectivity index is 1.67. The molecule has 2 aliphatic heterocycles. The molecule has 28 heavy (non-hydrogen) atoms. The summed E-state index contributed by atoms with van der Waals surface area (Å²) < 4.78 is 7.15. The number of methoxy groups -OCH3 is 1. The number of carbonyl (C=O) groups is 1. The minimum Gasteiger partial charge on any atom is -0.497 e. The average molecular weight is 407 g/mol. The molecule has 3 aromatic rings. The van der Waals surface area contributed by atoms with Crippen molar-refractivity contribution in [2.75, 3.05) is 7.11 Å². The summed E-state index contributed by atoms with van der Waals surface area (Å²) in [5, 5.41) is 12.7. The summed E-state index contributed by atoms with van der Waals surface area (Å²) in [4.78, 5) is 23.8. The van der Waals surface area contributed by atoms with E-state index in [9.17, 15) is 4.79 Å². The summed E-state index contributed by atoms with van der Waals surface area (Å²) in [7, 11) is 1.62. The van der Waals surface area contributed by atoms with Gasteiger partial charge < -0.3 is 4.74 Å². The van der Waals surface area contributed by atoms with Crippen molar-refractivity contribution < 1.29 is 9.53 Å². The van der Waals surface area contributed by atoms with E-state index in [1.54, 1.807) is 24.3 Å². The Kier molecular flexibility index (Phi) is 3.92. The number of carbonyl (C=O) groups excluding carboxylic acids is 1. The van der Waals surface area contributed by atoms with Gasteiger partial charge in [-0.05, 0) is 35.7 Å². The predicted octanol–water partition coefficient (Wildman–Crippen LogP) is 3.85. The lowest BCUT2D eigenvalue weighted by atomic mass is 10.1. The number of imidazole rings is 1. The van der Waals surface area contributed by atoms with Crippen LogP contribution in [0.2, 0.25) is 0 Å². The molecule has 7 nitrogen and oxygen atoms in total. The van der Waals surface area contributed by atoms with Gasteiger partial charge >= 0.3 is 0 Å². The second-order valence-electron chi connectivity index (χ2n) is 6.01. The molecule has 2 aliphatic rings. The Morgan fingerprint density at radius 1 is 1.25 bits per heavy atom. The van der Waals surface area contributed by atoms with Crippen LogP contribution in [-0.2, 0) is 4.79 Å². The quantitative estimate of drug-likeness (QED) is 0.667. The van der Waals surface area contributed by atoms with E-state index in [0.29, 0.717) is 5.17 Å². The molecule has 5 rings (SSSR count). The van der Waals surface area contributed by atoms with Crippen LogP contribution in [0.25, 0.3) is 22.3 Å². The Bertz CT molecular complexity index is 1220. The van der Waals surface area contributed by atoms with Gasteiger partial charge in [0.2, 0.25) is 0 Å². The molecule has 0 fully saturated rings. The zero-order chi connectivity index (χ0) is 19.3. The number of benzene rings is 1. The number of aliphatic imine (C=N–C) groups is 1. The largest absolute Gasteiger partial charge is 0.497 e. The van der Waals surface area contributed by atoms with Crippen molar-refractivity contribution in [1.82, 2.24) is 14.3 Å². The fraction of sp³-hybridized carbons (Fsp3) is 0.0526. The topological polar surface area (TPSA) is 83.1 Å². The number of amidine groups is 2. The molecule has 1 aromatic carbocycles. The normalized spacial score (nSPS) is 17.5. The Morgan fingerprint density at radius 3 is 2.86 bits per heavy atom. The van der Waals surface area contributed by atoms with Gasteiger partial charge in [0, 0.05) is 23.3 Å². The summed E-state index contributed by atoms with van der Waals surface area (Å²) in [6, 6.07) is 7.60. The van der Waals surface area contributed by atoms with Crippen LogP contribution < -0.4 is 4.74 Å². The van der Waals surface area contributed by atoms with Crippen LogP contribution in [0.4, 0.5) is 0 Å². The molecular weight excluding hydrogens is 394 g/mol. The van der Waals surface area contributed by atoms with Crippen molar-refractivity contribution in [3.63, 3.8) is 0 Å². The summed E-state index contributed by atoms with van der Waals surface area (Å²) >= 11 is 2.84. The standard InChI is InChI=1S/C19H13N5O2S2/c1-26-12-4-2-11(3-5-12)15-14(23-6-8-27-18(23)21-15)10-13-16(20)24-7-9-28-19(24)22-17(13)25/h2-10,20H,1H3. The molecule has 138 valence electrons. The third-order valence-electron chi connectivity index (χ3n) is 4.46. The van der Waals surface area contributed by atoms with Crippen molar-refractivity contribution in [1.29, 1.82) is 5.41 Å². The van der Waals surface area contributed by atoms with E-state index in [1.807, 2.05) is 45.7 Å². The van der Waals surface area contributed by atoms with Crippen LogP contribution in [0.3, 0.4) is 0 Å². The highest BCUT2D eigenvalue weighted by Gasteiger charge is 2.31. The Hall–Kier alpha value is -3.17. The van der Waals surface area contributed by atoms with Gasteiger partial charge in [0.1, 0.15) is 11.6 Å². The number of hydrogen-bond donors (Lipinski definition) is 1. The molecule has 0 saturated carbocycles. The fourth-order valence-corrected chi connectivity index (χ4v) is 4.50. The summed E-state index contributed by atoms with van der Waals surface area (Å²) in [6.45, 7) is 0. The maximum atomic E-state index is 12.6. The molecule has 0 radical (unpaired) electrons. The van der Waals surface area contributed by atoms with Crippen molar-refractivity contribution in [2.45, 2.75) is 0 Å². The average Bonchev–Trinajstić information content (AvgIpc) is 3.42. The number of thioether (sulfide) groups is 1. The van der Waals surface area contributed by atoms with Crippen molar-refractivity contribution >= 4 is 51.0 Å². The summed E-state index contributed by atoms with van der Waals surface area (Å²) in [6.07, 6.45) is 5.35. The third-order valence-corrected chi connectivity index (χ3v) is 5.97. The molecule has 0 aliphatic carbocycles. The number of rotatable bonds is 3. The minimum absolute atomic E-state index is 0.113. The van der Waals surface area contributed by atoms with Gasteiger partial charge in [-0.15, -0.1) is 11.3 Å². The first-order chi connectivity index (χ1) is 13.7. The summed E-state index contributed by atoms with van der Waals surface area (Å²) in [5.74, 6) is 0.453. The van der Waals surface area contributed by atoms with E-state index in [2.05, 4.69) is 4.99 Å². The predicted molar refractivity (Wildman–Crippen MR) is 112 cm³/mol. The highest BCUT2D eigenvalue weighted by atomic mass is 32.2. The molecule has 9 heteroatoms. The Morgan fingerprint density at radius 2 is 2.07 bits per heavy atom. The van der Waals surface area contributed by atoms with Crippen LogP contribution in [-0.4, -0.2) is 38.3 Å². The van der Waals surface area contributed by atoms with Crippen LogP contribution in [0, 0.1) is 5.41 Å². The number of ether oxygens (including phenoxy) is 1. The van der Waals surface area contributed by atoms with Crippen molar-refractivity contribution in [2.24, 2.45) is 4.99 Å². The first-order valence-corrected chi connectivity index (χ1v) is 10.1. The lowest BCUT2D eigenvalue weighted by Crippen LogP contribution is -2.35. The third kappa shape index (κ3) is 2.59. The zero-order valence-corrected chi connectivity index (χ0v) is 16.3. The maximum absolute atomic E-state index is 12.6. The van der Waals surface area contributed by atoms with E-state index >= 15 is 0 Å². The van der Waals surface area contributed by atoms with Crippen LogP contribution in [0.1, 0.15) is 5.69 Å². The zero-order valence-electron chi connectivity index (χ0n) is 14.6. The number of nitrogens with zero attached hydrogens (tertiary/aromatic N) is 4. The Labute approximate surface area is 168 Å². The number of fused-ring (bicyclic) bond motifs is 2. The van der Waals surface area contributed by atoms with E-state index < -0.39 is 5.91 Å². The number of hydrogen-bond acceptors (Lipinski definition) is 6. The van der Waals surface area contributed by atoms with Gasteiger partial charge in [-0.2, -0.15) is 4.99 Å². The van der Waals surface area contributed by atoms with Crippen molar-refractivity contribution in [3.05, 3.63) is 58.7 Å². The SMILES string of the molecule is COc1ccc(-c2nc3sccn3c2C=C2C(=N)N3C=CSC3=NC2=O)cc1. The molecule has 1 amide bonds. The molecule has 2 aromatic heterocycles. The lowest BCUT2D eigenvalue weighted by molar-refractivity contribution is -0.114. The van der Waals surface area contributed by atoms with Gasteiger partial charge in [0.25, 0.3) is 5.91 Å². The molecule has 0 spiro atoms. The van der Waals surface area contributed by atoms with E-state index in [4.69, 9.17) is 15.1 Å². The maximum Gasteiger partial charge on any atom is 0.283 e. The first-order valence-electron chi connectivity index (χ1n) is 8.32. The van der Waals surface area contributed by atoms with Gasteiger partial charge in [-0.3, -0.25) is 19.5 Å². The summed E-state index contributed by atoms with van der Waals surface area (Å²) in [5.41, 5.74) is 2.62. The highest BCUT2D eigenvalue weighted by molar-refractivity contribution is 8.16. The van der Waals surface area contributed by atoms with Gasteiger partial charge in [0.15, 0.2) is 10.1 Å². The second-order valence-corrected chi connectivity index (χ2v) is 7.75. The molecule has 0 saturated heterocycles. The lowest BCUT2D eigenvalue weighted by Gasteiger charge is -2.22. The molecule has 4 heterocycles. The molecule has 0 unspecified atom stereocenters. The fourth-order valence-electron chi connectivity index (χ4n) is 3.07. The van der Waals surface area contributed by atoms with Gasteiger partial charge in [-0.1, -0.05) is 11.8 Å². The van der Waals surface area contributed by atoms with E-state index in [-0.39, 0.29) is 11.4 Å². The monoisotopic (exact) mass is 407 g/mol. The second kappa shape index (κ2) is 6.47. The van der Waals surface area contributed by atoms with Crippen LogP contribution in [0.15, 0.2) is 58.0 Å². The van der Waals surface area contributed by atoms with Crippen molar-refractivity contribution in [3.8, 4) is 17.0 Å². The molecule has 0 atom stereocenters. The highest BCUT2D eigenvalue weighted by Crippen LogP contribution is 2.32. The molecule has 1 N–H and O–H groups in total. The number of amides is 1. The number of aromatic nitrogens is 2. The number of nitrogens with one attached hydrogen (secondary N) is 1. The minimum atomic E-state index is -0.418. The van der Waals surface area contributed by atoms with Gasteiger partial charge in [-0.25, -0.2) is 4.98 Å². The molecular formula is C19H13N5O2S2. The van der Waals surface area contributed by atoms with Gasteiger partial charge in [0.05, 0.1) is 24.1 Å². The van der Waals surface area contributed by atoms with E-state index in [0.717, 1.165) is 27.7 Å². The molecule has 0 bridgehead atoms. The first kappa shape index (κ1) is 17.0. The van der Waals surface area contributed by atoms with E-state index in [1.165, 1.54) is 23.1 Å². The smallest absolute Gasteiger partial charge is 0.283 e. The van der Waals surface area contributed by atoms with Crippen LogP contribution in [0.5, 0.6) is 5.75 Å². The number of thiazole rings is 1.